The second-order valence-electron chi connectivity index (χ2n) is 7.17. The first-order valence-corrected chi connectivity index (χ1v) is 10.7. The lowest BCUT2D eigenvalue weighted by atomic mass is 10.2. The fourth-order valence-corrected chi connectivity index (χ4v) is 3.60. The Morgan fingerprint density at radius 3 is 2.67 bits per heavy atom. The predicted molar refractivity (Wildman–Crippen MR) is 123 cm³/mol. The molecule has 1 aromatic heterocycles. The van der Waals surface area contributed by atoms with Crippen LogP contribution in [-0.4, -0.2) is 16.5 Å². The highest BCUT2D eigenvalue weighted by Gasteiger charge is 2.03. The van der Waals surface area contributed by atoms with Gasteiger partial charge >= 0.3 is 0 Å². The third-order valence-electron chi connectivity index (χ3n) is 4.82. The van der Waals surface area contributed by atoms with E-state index in [2.05, 4.69) is 33.5 Å². The van der Waals surface area contributed by atoms with Gasteiger partial charge in [-0.3, -0.25) is 0 Å². The van der Waals surface area contributed by atoms with Gasteiger partial charge in [0.1, 0.15) is 18.2 Å². The van der Waals surface area contributed by atoms with Gasteiger partial charge in [-0.15, -0.1) is 0 Å². The molecule has 0 aliphatic rings. The van der Waals surface area contributed by atoms with Crippen molar-refractivity contribution in [3.05, 3.63) is 93.7 Å². The van der Waals surface area contributed by atoms with E-state index < -0.39 is 0 Å². The first-order chi connectivity index (χ1) is 14.7. The molecule has 0 bridgehead atoms. The Morgan fingerprint density at radius 2 is 1.80 bits per heavy atom. The van der Waals surface area contributed by atoms with Crippen molar-refractivity contribution in [1.82, 2.24) is 15.3 Å². The number of ether oxygens (including phenoxy) is 1. The highest BCUT2D eigenvalue weighted by atomic mass is 35.5. The molecular formula is C24H23Cl2N3O. The second-order valence-corrected chi connectivity index (χ2v) is 7.98. The third kappa shape index (κ3) is 5.54. The zero-order chi connectivity index (χ0) is 20.8. The van der Waals surface area contributed by atoms with Crippen LogP contribution in [0.4, 0.5) is 0 Å². The molecular weight excluding hydrogens is 417 g/mol. The number of halogens is 2. The van der Waals surface area contributed by atoms with E-state index in [4.69, 9.17) is 27.9 Å². The lowest BCUT2D eigenvalue weighted by Crippen LogP contribution is -2.15. The van der Waals surface area contributed by atoms with E-state index in [1.807, 2.05) is 42.5 Å². The largest absolute Gasteiger partial charge is 0.489 e. The summed E-state index contributed by atoms with van der Waals surface area (Å²) in [6.07, 6.45) is 1.95. The van der Waals surface area contributed by atoms with Crippen LogP contribution in [0.15, 0.2) is 66.7 Å². The summed E-state index contributed by atoms with van der Waals surface area (Å²) in [4.78, 5) is 7.99. The van der Waals surface area contributed by atoms with Crippen LogP contribution in [0.5, 0.6) is 5.75 Å². The number of imidazole rings is 1. The standard InChI is InChI=1S/C24H23Cl2N3O/c25-20-11-10-18(14-21(20)26)16-30-19-6-3-5-17(13-19)15-27-12-4-9-24-28-22-7-1-2-8-23(22)29-24/h1-3,5-8,10-11,13-14,27H,4,9,12,15-16H2,(H,28,29). The van der Waals surface area contributed by atoms with E-state index in [1.54, 1.807) is 6.07 Å². The summed E-state index contributed by atoms with van der Waals surface area (Å²) in [7, 11) is 0. The number of aryl methyl sites for hydroxylation is 1. The summed E-state index contributed by atoms with van der Waals surface area (Å²) in [5, 5.41) is 4.58. The topological polar surface area (TPSA) is 49.9 Å². The number of H-pyrrole nitrogens is 1. The highest BCUT2D eigenvalue weighted by molar-refractivity contribution is 6.42. The van der Waals surface area contributed by atoms with E-state index in [0.717, 1.165) is 54.1 Å². The first kappa shape index (κ1) is 20.7. The number of benzene rings is 3. The van der Waals surface area contributed by atoms with Crippen molar-refractivity contribution < 1.29 is 4.74 Å². The molecule has 4 rings (SSSR count). The maximum atomic E-state index is 6.06. The minimum atomic E-state index is 0.450. The first-order valence-electron chi connectivity index (χ1n) is 9.97. The molecule has 0 unspecified atom stereocenters. The molecule has 0 amide bonds. The maximum Gasteiger partial charge on any atom is 0.120 e. The molecule has 30 heavy (non-hydrogen) atoms. The molecule has 4 aromatic rings. The summed E-state index contributed by atoms with van der Waals surface area (Å²) in [6.45, 7) is 2.17. The van der Waals surface area contributed by atoms with Gasteiger partial charge < -0.3 is 15.0 Å². The Labute approximate surface area is 186 Å². The van der Waals surface area contributed by atoms with E-state index >= 15 is 0 Å². The lowest BCUT2D eigenvalue weighted by molar-refractivity contribution is 0.306. The Balaban J connectivity index is 1.21. The number of nitrogens with zero attached hydrogens (tertiary/aromatic N) is 1. The van der Waals surface area contributed by atoms with Gasteiger partial charge in [0.25, 0.3) is 0 Å². The van der Waals surface area contributed by atoms with Gasteiger partial charge in [-0.05, 0) is 60.5 Å². The third-order valence-corrected chi connectivity index (χ3v) is 5.56. The Hall–Kier alpha value is -2.53. The molecule has 0 fully saturated rings. The van der Waals surface area contributed by atoms with Crippen LogP contribution in [-0.2, 0) is 19.6 Å². The van der Waals surface area contributed by atoms with Crippen molar-refractivity contribution in [2.75, 3.05) is 6.54 Å². The van der Waals surface area contributed by atoms with Crippen molar-refractivity contribution >= 4 is 34.2 Å². The molecule has 0 atom stereocenters. The van der Waals surface area contributed by atoms with E-state index in [9.17, 15) is 0 Å². The summed E-state index contributed by atoms with van der Waals surface area (Å²) in [6, 6.07) is 21.8. The fraction of sp³-hybridized carbons (Fsp3) is 0.208. The van der Waals surface area contributed by atoms with Gasteiger partial charge in [-0.25, -0.2) is 4.98 Å². The zero-order valence-corrected chi connectivity index (χ0v) is 18.0. The van der Waals surface area contributed by atoms with Gasteiger partial charge in [0.05, 0.1) is 21.1 Å². The number of nitrogens with one attached hydrogen (secondary N) is 2. The van der Waals surface area contributed by atoms with Crippen LogP contribution < -0.4 is 10.1 Å². The average molecular weight is 440 g/mol. The molecule has 2 N–H and O–H groups in total. The molecule has 0 aliphatic heterocycles. The molecule has 0 saturated heterocycles. The summed E-state index contributed by atoms with van der Waals surface area (Å²) in [5.41, 5.74) is 4.29. The number of rotatable bonds is 9. The fourth-order valence-electron chi connectivity index (χ4n) is 3.28. The molecule has 1 heterocycles. The quantitative estimate of drug-likeness (QED) is 0.306. The predicted octanol–water partition coefficient (Wildman–Crippen LogP) is 6.17. The highest BCUT2D eigenvalue weighted by Crippen LogP contribution is 2.23. The van der Waals surface area contributed by atoms with E-state index in [1.165, 1.54) is 5.56 Å². The monoisotopic (exact) mass is 439 g/mol. The van der Waals surface area contributed by atoms with Gasteiger partial charge in [0.15, 0.2) is 0 Å². The average Bonchev–Trinajstić information content (AvgIpc) is 3.17. The molecule has 0 aliphatic carbocycles. The molecule has 0 spiro atoms. The number of hydrogen-bond acceptors (Lipinski definition) is 3. The minimum Gasteiger partial charge on any atom is -0.489 e. The second kappa shape index (κ2) is 9.98. The van der Waals surface area contributed by atoms with Gasteiger partial charge in [-0.1, -0.05) is 53.5 Å². The summed E-state index contributed by atoms with van der Waals surface area (Å²) >= 11 is 12.0. The SMILES string of the molecule is Clc1ccc(COc2cccc(CNCCCc3nc4ccccc4[nH]3)c2)cc1Cl. The molecule has 4 nitrogen and oxygen atoms in total. The van der Waals surface area contributed by atoms with Crippen molar-refractivity contribution in [3.8, 4) is 5.75 Å². The maximum absolute atomic E-state index is 6.06. The van der Waals surface area contributed by atoms with Gasteiger partial charge in [0, 0.05) is 13.0 Å². The van der Waals surface area contributed by atoms with Crippen molar-refractivity contribution in [2.45, 2.75) is 26.0 Å². The van der Waals surface area contributed by atoms with Gasteiger partial charge in [0.2, 0.25) is 0 Å². The van der Waals surface area contributed by atoms with Crippen LogP contribution in [0, 0.1) is 0 Å². The normalized spacial score (nSPS) is 11.1. The lowest BCUT2D eigenvalue weighted by Gasteiger charge is -2.09. The zero-order valence-electron chi connectivity index (χ0n) is 16.5. The minimum absolute atomic E-state index is 0.450. The smallest absolute Gasteiger partial charge is 0.120 e. The molecule has 3 aromatic carbocycles. The van der Waals surface area contributed by atoms with E-state index in [0.29, 0.717) is 16.7 Å². The van der Waals surface area contributed by atoms with Crippen molar-refractivity contribution in [3.63, 3.8) is 0 Å². The molecule has 0 saturated carbocycles. The van der Waals surface area contributed by atoms with Crippen molar-refractivity contribution in [2.24, 2.45) is 0 Å². The number of para-hydroxylation sites is 2. The number of aromatic amines is 1. The van der Waals surface area contributed by atoms with Crippen LogP contribution in [0.25, 0.3) is 11.0 Å². The number of fused-ring (bicyclic) bond motifs is 1. The van der Waals surface area contributed by atoms with Gasteiger partial charge in [-0.2, -0.15) is 0 Å². The van der Waals surface area contributed by atoms with E-state index in [-0.39, 0.29) is 0 Å². The van der Waals surface area contributed by atoms with Crippen LogP contribution in [0.1, 0.15) is 23.4 Å². The Kier molecular flexibility index (Phi) is 6.90. The summed E-state index contributed by atoms with van der Waals surface area (Å²) < 4.78 is 5.90. The number of aromatic nitrogens is 2. The van der Waals surface area contributed by atoms with Crippen LogP contribution >= 0.6 is 23.2 Å². The molecule has 0 radical (unpaired) electrons. The van der Waals surface area contributed by atoms with Crippen molar-refractivity contribution in [1.29, 1.82) is 0 Å². The van der Waals surface area contributed by atoms with Crippen LogP contribution in [0.3, 0.4) is 0 Å². The molecule has 6 heteroatoms. The number of hydrogen-bond donors (Lipinski definition) is 2. The Bertz CT molecular complexity index is 1090. The molecule has 154 valence electrons. The summed E-state index contributed by atoms with van der Waals surface area (Å²) in [5.74, 6) is 1.87. The Morgan fingerprint density at radius 1 is 0.900 bits per heavy atom. The van der Waals surface area contributed by atoms with Crippen LogP contribution in [0.2, 0.25) is 10.0 Å².